The number of nitrogens with one attached hydrogen (secondary N) is 1. The predicted molar refractivity (Wildman–Crippen MR) is 70.3 cm³/mol. The third-order valence-electron chi connectivity index (χ3n) is 1.42. The summed E-state index contributed by atoms with van der Waals surface area (Å²) in [4.78, 5) is 1.30. The van der Waals surface area contributed by atoms with Gasteiger partial charge in [0, 0.05) is 22.9 Å². The van der Waals surface area contributed by atoms with Crippen LogP contribution in [0.5, 0.6) is 0 Å². The topological polar surface area (TPSA) is 38.0 Å². The number of thiophene rings is 1. The molecule has 0 radical (unpaired) electrons. The molecule has 14 heavy (non-hydrogen) atoms. The first-order valence-corrected chi connectivity index (χ1v) is 6.79. The average molecular weight is 267 g/mol. The van der Waals surface area contributed by atoms with E-state index in [-0.39, 0.29) is 0 Å². The van der Waals surface area contributed by atoms with E-state index in [1.165, 1.54) is 4.88 Å². The van der Waals surface area contributed by atoms with Gasteiger partial charge in [-0.3, -0.25) is 0 Å². The van der Waals surface area contributed by atoms with Crippen LogP contribution in [0.4, 0.5) is 0 Å². The lowest BCUT2D eigenvalue weighted by molar-refractivity contribution is 0.983. The molecule has 0 spiro atoms. The van der Waals surface area contributed by atoms with Gasteiger partial charge in [0.2, 0.25) is 0 Å². The first-order valence-electron chi connectivity index (χ1n) is 4.04. The third kappa shape index (κ3) is 5.05. The number of nitrogens with two attached hydrogens (primary N) is 1. The van der Waals surface area contributed by atoms with Gasteiger partial charge in [-0.2, -0.15) is 11.8 Å². The van der Waals surface area contributed by atoms with Gasteiger partial charge in [0.25, 0.3) is 0 Å². The van der Waals surface area contributed by atoms with E-state index in [2.05, 4.69) is 23.6 Å². The molecule has 3 N–H and O–H groups in total. The lowest BCUT2D eigenvalue weighted by atomic mass is 10.5. The van der Waals surface area contributed by atoms with E-state index in [1.54, 1.807) is 11.3 Å². The van der Waals surface area contributed by atoms with Gasteiger partial charge in [-0.1, -0.05) is 11.6 Å². The van der Waals surface area contributed by atoms with Crippen molar-refractivity contribution in [1.82, 2.24) is 5.32 Å². The molecule has 78 valence electrons. The molecule has 0 unspecified atom stereocenters. The van der Waals surface area contributed by atoms with Crippen molar-refractivity contribution in [3.05, 3.63) is 21.3 Å². The largest absolute Gasteiger partial charge is 0.376 e. The van der Waals surface area contributed by atoms with Gasteiger partial charge in [0.05, 0.1) is 4.34 Å². The van der Waals surface area contributed by atoms with Gasteiger partial charge in [-0.25, -0.2) is 0 Å². The second kappa shape index (κ2) is 6.50. The molecule has 1 aromatic heterocycles. The van der Waals surface area contributed by atoms with E-state index in [0.29, 0.717) is 5.11 Å². The normalized spacial score (nSPS) is 10.1. The van der Waals surface area contributed by atoms with Crippen molar-refractivity contribution >= 4 is 52.0 Å². The quantitative estimate of drug-likeness (QED) is 0.634. The summed E-state index contributed by atoms with van der Waals surface area (Å²) >= 11 is 14.0. The van der Waals surface area contributed by atoms with Crippen molar-refractivity contribution in [3.63, 3.8) is 0 Å². The van der Waals surface area contributed by atoms with Gasteiger partial charge >= 0.3 is 0 Å². The van der Waals surface area contributed by atoms with Crippen LogP contribution in [0.2, 0.25) is 4.34 Å². The highest BCUT2D eigenvalue weighted by Crippen LogP contribution is 2.24. The summed E-state index contributed by atoms with van der Waals surface area (Å²) in [6.07, 6.45) is 0. The number of thioether (sulfide) groups is 1. The number of hydrogen-bond donors (Lipinski definition) is 2. The minimum absolute atomic E-state index is 0.366. The summed E-state index contributed by atoms with van der Waals surface area (Å²) in [6, 6.07) is 3.98. The molecule has 0 atom stereocenters. The second-order valence-electron chi connectivity index (χ2n) is 2.55. The molecule has 0 amide bonds. The molecular weight excluding hydrogens is 256 g/mol. The monoisotopic (exact) mass is 266 g/mol. The summed E-state index contributed by atoms with van der Waals surface area (Å²) < 4.78 is 0.849. The van der Waals surface area contributed by atoms with E-state index >= 15 is 0 Å². The zero-order valence-electron chi connectivity index (χ0n) is 7.46. The van der Waals surface area contributed by atoms with Crippen LogP contribution >= 0.6 is 46.9 Å². The Morgan fingerprint density at radius 3 is 3.00 bits per heavy atom. The number of rotatable bonds is 5. The van der Waals surface area contributed by atoms with Crippen molar-refractivity contribution in [1.29, 1.82) is 0 Å². The summed E-state index contributed by atoms with van der Waals surface area (Å²) in [5.41, 5.74) is 5.28. The Morgan fingerprint density at radius 2 is 2.43 bits per heavy atom. The Kier molecular flexibility index (Phi) is 5.62. The molecule has 1 rings (SSSR count). The Morgan fingerprint density at radius 1 is 1.64 bits per heavy atom. The van der Waals surface area contributed by atoms with Gasteiger partial charge in [-0.15, -0.1) is 11.3 Å². The molecule has 0 saturated heterocycles. The fourth-order valence-corrected chi connectivity index (χ4v) is 3.01. The van der Waals surface area contributed by atoms with Crippen molar-refractivity contribution in [2.24, 2.45) is 5.73 Å². The van der Waals surface area contributed by atoms with Gasteiger partial charge < -0.3 is 11.1 Å². The van der Waals surface area contributed by atoms with Crippen molar-refractivity contribution in [2.45, 2.75) is 5.75 Å². The molecule has 0 aliphatic heterocycles. The zero-order valence-corrected chi connectivity index (χ0v) is 10.7. The molecule has 1 aromatic rings. The molecule has 0 saturated carbocycles. The maximum atomic E-state index is 5.81. The van der Waals surface area contributed by atoms with Crippen LogP contribution in [-0.2, 0) is 5.75 Å². The van der Waals surface area contributed by atoms with Crippen LogP contribution in [0.3, 0.4) is 0 Å². The predicted octanol–water partition coefficient (Wildman–Crippen LogP) is 2.47. The smallest absolute Gasteiger partial charge is 0.163 e. The third-order valence-corrected chi connectivity index (χ3v) is 3.98. The number of halogens is 1. The maximum absolute atomic E-state index is 5.81. The number of thiocarbonyl (C=S) groups is 1. The molecular formula is C8H11ClN2S3. The fraction of sp³-hybridized carbons (Fsp3) is 0.375. The van der Waals surface area contributed by atoms with Crippen LogP contribution in [0.25, 0.3) is 0 Å². The summed E-state index contributed by atoms with van der Waals surface area (Å²) in [6.45, 7) is 0.819. The molecule has 6 heteroatoms. The first-order chi connectivity index (χ1) is 6.68. The Hall–Kier alpha value is 0.0300. The summed E-state index contributed by atoms with van der Waals surface area (Å²) in [5.74, 6) is 1.99. The SMILES string of the molecule is NC(=S)NCCSCc1ccc(Cl)s1. The lowest BCUT2D eigenvalue weighted by Gasteiger charge is -2.02. The number of hydrogen-bond acceptors (Lipinski definition) is 3. The van der Waals surface area contributed by atoms with E-state index in [9.17, 15) is 0 Å². The van der Waals surface area contributed by atoms with E-state index in [1.807, 2.05) is 17.8 Å². The van der Waals surface area contributed by atoms with Crippen LogP contribution in [0.15, 0.2) is 12.1 Å². The van der Waals surface area contributed by atoms with Gasteiger partial charge in [-0.05, 0) is 24.4 Å². The molecule has 0 aromatic carbocycles. The summed E-state index contributed by atoms with van der Waals surface area (Å²) in [5, 5.41) is 3.27. The van der Waals surface area contributed by atoms with E-state index < -0.39 is 0 Å². The first kappa shape index (κ1) is 12.1. The van der Waals surface area contributed by atoms with Crippen molar-refractivity contribution in [3.8, 4) is 0 Å². The lowest BCUT2D eigenvalue weighted by Crippen LogP contribution is -2.30. The van der Waals surface area contributed by atoms with Crippen LogP contribution in [0, 0.1) is 0 Å². The minimum Gasteiger partial charge on any atom is -0.376 e. The Labute approximate surface area is 102 Å². The van der Waals surface area contributed by atoms with Crippen LogP contribution in [0.1, 0.15) is 4.88 Å². The molecule has 0 bridgehead atoms. The van der Waals surface area contributed by atoms with Crippen molar-refractivity contribution < 1.29 is 0 Å². The molecule has 0 aliphatic carbocycles. The maximum Gasteiger partial charge on any atom is 0.163 e. The van der Waals surface area contributed by atoms with E-state index in [0.717, 1.165) is 22.4 Å². The van der Waals surface area contributed by atoms with Crippen LogP contribution < -0.4 is 11.1 Å². The highest BCUT2D eigenvalue weighted by atomic mass is 35.5. The second-order valence-corrected chi connectivity index (χ2v) is 5.89. The fourth-order valence-electron chi connectivity index (χ4n) is 0.848. The average Bonchev–Trinajstić information content (AvgIpc) is 2.50. The Bertz CT molecular complexity index is 301. The van der Waals surface area contributed by atoms with Crippen molar-refractivity contribution in [2.75, 3.05) is 12.3 Å². The molecule has 0 fully saturated rings. The standard InChI is InChI=1S/C8H11ClN2S3/c9-7-2-1-6(14-7)5-13-4-3-11-8(10)12/h1-2H,3-5H2,(H3,10,11,12). The molecule has 1 heterocycles. The summed E-state index contributed by atoms with van der Waals surface area (Å²) in [7, 11) is 0. The van der Waals surface area contributed by atoms with Gasteiger partial charge in [0.15, 0.2) is 5.11 Å². The molecule has 2 nitrogen and oxygen atoms in total. The Balaban J connectivity index is 2.07. The highest BCUT2D eigenvalue weighted by molar-refractivity contribution is 7.98. The van der Waals surface area contributed by atoms with Crippen LogP contribution in [-0.4, -0.2) is 17.4 Å². The minimum atomic E-state index is 0.366. The highest BCUT2D eigenvalue weighted by Gasteiger charge is 1.97. The van der Waals surface area contributed by atoms with Gasteiger partial charge in [0.1, 0.15) is 0 Å². The zero-order chi connectivity index (χ0) is 10.4. The van der Waals surface area contributed by atoms with E-state index in [4.69, 9.17) is 17.3 Å². The molecule has 0 aliphatic rings.